The van der Waals surface area contributed by atoms with Crippen molar-refractivity contribution in [1.82, 2.24) is 10.3 Å². The molecule has 1 aromatic rings. The van der Waals surface area contributed by atoms with Crippen molar-refractivity contribution in [1.29, 1.82) is 0 Å². The molecule has 19 heavy (non-hydrogen) atoms. The standard InChI is InChI=1S/C13H19F3N2S/c1-4-9(2)17-7-10(3)19-12-6-5-11(8-18-12)13(14,15)16/h5-6,8-10,17H,4,7H2,1-3H3. The second kappa shape index (κ2) is 7.14. The van der Waals surface area contributed by atoms with Gasteiger partial charge in [-0.25, -0.2) is 4.98 Å². The highest BCUT2D eigenvalue weighted by Gasteiger charge is 2.30. The summed E-state index contributed by atoms with van der Waals surface area (Å²) >= 11 is 1.47. The van der Waals surface area contributed by atoms with Gasteiger partial charge in [0.05, 0.1) is 10.6 Å². The average molecular weight is 292 g/mol. The summed E-state index contributed by atoms with van der Waals surface area (Å²) in [6.45, 7) is 7.04. The minimum Gasteiger partial charge on any atom is -0.313 e. The Labute approximate surface area is 116 Å². The maximum atomic E-state index is 12.4. The van der Waals surface area contributed by atoms with Crippen LogP contribution in [0.25, 0.3) is 0 Å². The molecular weight excluding hydrogens is 273 g/mol. The van der Waals surface area contributed by atoms with E-state index in [1.807, 2.05) is 6.92 Å². The second-order valence-electron chi connectivity index (χ2n) is 4.53. The van der Waals surface area contributed by atoms with E-state index in [9.17, 15) is 13.2 Å². The van der Waals surface area contributed by atoms with Crippen LogP contribution in [0.2, 0.25) is 0 Å². The van der Waals surface area contributed by atoms with Crippen LogP contribution < -0.4 is 5.32 Å². The van der Waals surface area contributed by atoms with Crippen LogP contribution in [0, 0.1) is 0 Å². The molecule has 1 aromatic heterocycles. The monoisotopic (exact) mass is 292 g/mol. The lowest BCUT2D eigenvalue weighted by molar-refractivity contribution is -0.137. The topological polar surface area (TPSA) is 24.9 Å². The molecule has 0 aromatic carbocycles. The van der Waals surface area contributed by atoms with E-state index >= 15 is 0 Å². The average Bonchev–Trinajstić information content (AvgIpc) is 2.35. The molecule has 0 aliphatic heterocycles. The molecule has 6 heteroatoms. The zero-order valence-electron chi connectivity index (χ0n) is 11.3. The van der Waals surface area contributed by atoms with Gasteiger partial charge < -0.3 is 5.32 Å². The smallest absolute Gasteiger partial charge is 0.313 e. The zero-order chi connectivity index (χ0) is 14.5. The molecule has 0 radical (unpaired) electrons. The molecule has 0 saturated heterocycles. The molecule has 0 bridgehead atoms. The molecule has 0 saturated carbocycles. The largest absolute Gasteiger partial charge is 0.417 e. The molecule has 2 unspecified atom stereocenters. The summed E-state index contributed by atoms with van der Waals surface area (Å²) in [7, 11) is 0. The number of aromatic nitrogens is 1. The van der Waals surface area contributed by atoms with Gasteiger partial charge >= 0.3 is 6.18 Å². The number of hydrogen-bond donors (Lipinski definition) is 1. The molecule has 108 valence electrons. The van der Waals surface area contributed by atoms with Crippen LogP contribution >= 0.6 is 11.8 Å². The summed E-state index contributed by atoms with van der Waals surface area (Å²) in [5.74, 6) is 0. The zero-order valence-corrected chi connectivity index (χ0v) is 12.1. The highest BCUT2D eigenvalue weighted by atomic mass is 32.2. The van der Waals surface area contributed by atoms with Crippen LogP contribution in [0.4, 0.5) is 13.2 Å². The van der Waals surface area contributed by atoms with Crippen LogP contribution in [0.1, 0.15) is 32.8 Å². The van der Waals surface area contributed by atoms with Gasteiger partial charge in [0.25, 0.3) is 0 Å². The lowest BCUT2D eigenvalue weighted by Crippen LogP contribution is -2.30. The van der Waals surface area contributed by atoms with Gasteiger partial charge in [0.2, 0.25) is 0 Å². The first kappa shape index (κ1) is 16.3. The van der Waals surface area contributed by atoms with E-state index in [0.717, 1.165) is 25.2 Å². The van der Waals surface area contributed by atoms with E-state index in [1.165, 1.54) is 17.8 Å². The van der Waals surface area contributed by atoms with Gasteiger partial charge in [-0.05, 0) is 25.5 Å². The van der Waals surface area contributed by atoms with Crippen molar-refractivity contribution in [2.45, 2.75) is 49.7 Å². The Morgan fingerprint density at radius 1 is 1.32 bits per heavy atom. The minimum atomic E-state index is -4.32. The molecule has 2 atom stereocenters. The third-order valence-corrected chi connectivity index (χ3v) is 3.80. The third-order valence-electron chi connectivity index (χ3n) is 2.75. The Morgan fingerprint density at radius 2 is 2.00 bits per heavy atom. The van der Waals surface area contributed by atoms with Gasteiger partial charge in [-0.2, -0.15) is 13.2 Å². The molecule has 0 spiro atoms. The number of pyridine rings is 1. The highest BCUT2D eigenvalue weighted by Crippen LogP contribution is 2.30. The van der Waals surface area contributed by atoms with Crippen LogP contribution in [-0.4, -0.2) is 22.8 Å². The number of hydrogen-bond acceptors (Lipinski definition) is 3. The van der Waals surface area contributed by atoms with Crippen molar-refractivity contribution in [2.75, 3.05) is 6.54 Å². The van der Waals surface area contributed by atoms with Crippen molar-refractivity contribution >= 4 is 11.8 Å². The third kappa shape index (κ3) is 5.82. The van der Waals surface area contributed by atoms with Crippen molar-refractivity contribution in [3.8, 4) is 0 Å². The fourth-order valence-corrected chi connectivity index (χ4v) is 2.23. The van der Waals surface area contributed by atoms with Gasteiger partial charge in [0.1, 0.15) is 0 Å². The quantitative estimate of drug-likeness (QED) is 0.803. The highest BCUT2D eigenvalue weighted by molar-refractivity contribution is 7.99. The summed E-state index contributed by atoms with van der Waals surface area (Å²) in [4.78, 5) is 3.85. The van der Waals surface area contributed by atoms with Gasteiger partial charge in [-0.15, -0.1) is 11.8 Å². The first-order valence-corrected chi connectivity index (χ1v) is 7.14. The Hall–Kier alpha value is -0.750. The molecule has 1 heterocycles. The Bertz CT molecular complexity index is 378. The lowest BCUT2D eigenvalue weighted by Gasteiger charge is -2.16. The lowest BCUT2D eigenvalue weighted by atomic mass is 10.2. The van der Waals surface area contributed by atoms with Gasteiger partial charge in [-0.1, -0.05) is 13.8 Å². The molecule has 0 fully saturated rings. The number of halogens is 3. The van der Waals surface area contributed by atoms with Crippen LogP contribution in [0.3, 0.4) is 0 Å². The van der Waals surface area contributed by atoms with E-state index in [1.54, 1.807) is 0 Å². The van der Waals surface area contributed by atoms with E-state index < -0.39 is 11.7 Å². The fraction of sp³-hybridized carbons (Fsp3) is 0.615. The molecule has 1 rings (SSSR count). The van der Waals surface area contributed by atoms with Crippen molar-refractivity contribution in [3.63, 3.8) is 0 Å². The van der Waals surface area contributed by atoms with E-state index in [0.29, 0.717) is 11.1 Å². The molecule has 1 N–H and O–H groups in total. The first-order valence-electron chi connectivity index (χ1n) is 6.26. The minimum absolute atomic E-state index is 0.262. The molecular formula is C13H19F3N2S. The second-order valence-corrected chi connectivity index (χ2v) is 5.99. The fourth-order valence-electron chi connectivity index (χ4n) is 1.38. The van der Waals surface area contributed by atoms with Gasteiger partial charge in [-0.3, -0.25) is 0 Å². The van der Waals surface area contributed by atoms with E-state index in [-0.39, 0.29) is 5.25 Å². The Kier molecular flexibility index (Phi) is 6.13. The summed E-state index contributed by atoms with van der Waals surface area (Å²) < 4.78 is 37.1. The first-order chi connectivity index (χ1) is 8.82. The summed E-state index contributed by atoms with van der Waals surface area (Å²) in [6.07, 6.45) is -2.38. The number of nitrogens with one attached hydrogen (secondary N) is 1. The number of thioether (sulfide) groups is 1. The molecule has 0 amide bonds. The van der Waals surface area contributed by atoms with Gasteiger partial charge in [0, 0.05) is 24.0 Å². The van der Waals surface area contributed by atoms with E-state index in [2.05, 4.69) is 24.1 Å². The predicted octanol–water partition coefficient (Wildman–Crippen LogP) is 3.97. The number of rotatable bonds is 6. The molecule has 0 aliphatic carbocycles. The molecule has 2 nitrogen and oxygen atoms in total. The van der Waals surface area contributed by atoms with Gasteiger partial charge in [0.15, 0.2) is 0 Å². The summed E-state index contributed by atoms with van der Waals surface area (Å²) in [5, 5.41) is 4.24. The summed E-state index contributed by atoms with van der Waals surface area (Å²) in [5.41, 5.74) is -0.706. The van der Waals surface area contributed by atoms with Crippen LogP contribution in [0.5, 0.6) is 0 Å². The van der Waals surface area contributed by atoms with Crippen molar-refractivity contribution < 1.29 is 13.2 Å². The number of nitrogens with zero attached hydrogens (tertiary/aromatic N) is 1. The Morgan fingerprint density at radius 3 is 2.47 bits per heavy atom. The van der Waals surface area contributed by atoms with Crippen LogP contribution in [0.15, 0.2) is 23.4 Å². The van der Waals surface area contributed by atoms with Crippen molar-refractivity contribution in [3.05, 3.63) is 23.9 Å². The van der Waals surface area contributed by atoms with E-state index in [4.69, 9.17) is 0 Å². The normalized spacial score (nSPS) is 15.3. The maximum absolute atomic E-state index is 12.4. The van der Waals surface area contributed by atoms with Crippen LogP contribution in [-0.2, 0) is 6.18 Å². The SMILES string of the molecule is CCC(C)NCC(C)Sc1ccc(C(F)(F)F)cn1. The maximum Gasteiger partial charge on any atom is 0.417 e. The molecule has 0 aliphatic rings. The Balaban J connectivity index is 2.49. The number of alkyl halides is 3. The van der Waals surface area contributed by atoms with Crippen molar-refractivity contribution in [2.24, 2.45) is 0 Å². The summed E-state index contributed by atoms with van der Waals surface area (Å²) in [6, 6.07) is 2.95. The predicted molar refractivity (Wildman–Crippen MR) is 72.3 cm³/mol.